The van der Waals surface area contributed by atoms with E-state index in [0.29, 0.717) is 17.5 Å². The molecule has 1 heterocycles. The van der Waals surface area contributed by atoms with Crippen molar-refractivity contribution in [1.82, 2.24) is 9.97 Å². The maximum Gasteiger partial charge on any atom is 0.134 e. The molecule has 19 heavy (non-hydrogen) atoms. The summed E-state index contributed by atoms with van der Waals surface area (Å²) in [6, 6.07) is 9.83. The highest BCUT2D eigenvalue weighted by molar-refractivity contribution is 6.29. The lowest BCUT2D eigenvalue weighted by atomic mass is 10.1. The Kier molecular flexibility index (Phi) is 3.38. The summed E-state index contributed by atoms with van der Waals surface area (Å²) < 4.78 is 5.14. The Bertz CT molecular complexity index is 579. The van der Waals surface area contributed by atoms with Crippen LogP contribution in [0.15, 0.2) is 30.3 Å². The minimum atomic E-state index is 0.542. The van der Waals surface area contributed by atoms with E-state index < -0.39 is 0 Å². The van der Waals surface area contributed by atoms with Gasteiger partial charge in [0.25, 0.3) is 0 Å². The number of benzene rings is 1. The molecule has 98 valence electrons. The maximum absolute atomic E-state index is 6.06. The summed E-state index contributed by atoms with van der Waals surface area (Å²) in [6.45, 7) is 0. The van der Waals surface area contributed by atoms with Gasteiger partial charge in [-0.3, -0.25) is 0 Å². The molecule has 0 radical (unpaired) electrons. The first-order valence-corrected chi connectivity index (χ1v) is 6.78. The number of ether oxygens (including phenoxy) is 1. The predicted molar refractivity (Wildman–Crippen MR) is 74.8 cm³/mol. The van der Waals surface area contributed by atoms with E-state index in [0.717, 1.165) is 22.8 Å². The van der Waals surface area contributed by atoms with Crippen LogP contribution in [0.2, 0.25) is 5.15 Å². The van der Waals surface area contributed by atoms with Crippen LogP contribution in [0.1, 0.15) is 35.8 Å². The summed E-state index contributed by atoms with van der Waals surface area (Å²) in [5.41, 5.74) is 2.24. The second-order valence-corrected chi connectivity index (χ2v) is 5.22. The molecule has 0 N–H and O–H groups in total. The molecule has 0 unspecified atom stereocenters. The molecule has 1 aromatic carbocycles. The molecule has 0 atom stereocenters. The minimum absolute atomic E-state index is 0.542. The largest absolute Gasteiger partial charge is 0.497 e. The maximum atomic E-state index is 6.06. The number of nitrogens with zero attached hydrogens (tertiary/aromatic N) is 2. The van der Waals surface area contributed by atoms with Crippen LogP contribution in [0.4, 0.5) is 0 Å². The van der Waals surface area contributed by atoms with Gasteiger partial charge in [-0.1, -0.05) is 23.7 Å². The van der Waals surface area contributed by atoms with Crippen LogP contribution >= 0.6 is 11.6 Å². The Morgan fingerprint density at radius 2 is 1.95 bits per heavy atom. The average molecular weight is 275 g/mol. The number of halogens is 1. The van der Waals surface area contributed by atoms with Crippen molar-refractivity contribution in [2.75, 3.05) is 7.11 Å². The second kappa shape index (κ2) is 5.17. The number of methoxy groups -OCH3 is 1. The van der Waals surface area contributed by atoms with E-state index in [9.17, 15) is 0 Å². The standard InChI is InChI=1S/C15H15ClN2O/c1-19-12-6-2-10(3-7-12)8-15-17-13(11-4-5-11)9-14(16)18-15/h2-3,6-7,9,11H,4-5,8H2,1H3. The third kappa shape index (κ3) is 3.04. The van der Waals surface area contributed by atoms with Crippen molar-refractivity contribution in [1.29, 1.82) is 0 Å². The highest BCUT2D eigenvalue weighted by atomic mass is 35.5. The molecule has 1 aliphatic rings. The van der Waals surface area contributed by atoms with Crippen molar-refractivity contribution < 1.29 is 4.74 Å². The van der Waals surface area contributed by atoms with Crippen LogP contribution in [0.3, 0.4) is 0 Å². The Labute approximate surface area is 117 Å². The normalized spacial score (nSPS) is 14.4. The molecule has 2 aromatic rings. The van der Waals surface area contributed by atoms with Gasteiger partial charge in [0.1, 0.15) is 16.7 Å². The molecule has 0 saturated heterocycles. The fourth-order valence-electron chi connectivity index (χ4n) is 2.08. The summed E-state index contributed by atoms with van der Waals surface area (Å²) in [6.07, 6.45) is 3.13. The highest BCUT2D eigenvalue weighted by Gasteiger charge is 2.25. The van der Waals surface area contributed by atoms with Gasteiger partial charge in [-0.25, -0.2) is 9.97 Å². The van der Waals surface area contributed by atoms with E-state index in [2.05, 4.69) is 9.97 Å². The third-order valence-corrected chi connectivity index (χ3v) is 3.47. The fraction of sp³-hybridized carbons (Fsp3) is 0.333. The van der Waals surface area contributed by atoms with Crippen LogP contribution in [-0.2, 0) is 6.42 Å². The SMILES string of the molecule is COc1ccc(Cc2nc(Cl)cc(C3CC3)n2)cc1. The fourth-order valence-corrected chi connectivity index (χ4v) is 2.29. The van der Waals surface area contributed by atoms with E-state index in [1.165, 1.54) is 12.8 Å². The van der Waals surface area contributed by atoms with Gasteiger partial charge < -0.3 is 4.74 Å². The molecule has 4 heteroatoms. The summed E-state index contributed by atoms with van der Waals surface area (Å²) in [5, 5.41) is 0.542. The summed E-state index contributed by atoms with van der Waals surface area (Å²) in [7, 11) is 1.66. The molecule has 0 aliphatic heterocycles. The summed E-state index contributed by atoms with van der Waals surface area (Å²) >= 11 is 6.06. The Morgan fingerprint density at radius 1 is 1.21 bits per heavy atom. The summed E-state index contributed by atoms with van der Waals surface area (Å²) in [5.74, 6) is 2.24. The van der Waals surface area contributed by atoms with E-state index in [-0.39, 0.29) is 0 Å². The molecule has 1 fully saturated rings. The van der Waals surface area contributed by atoms with Gasteiger partial charge in [0.2, 0.25) is 0 Å². The molecular formula is C15H15ClN2O. The van der Waals surface area contributed by atoms with Gasteiger partial charge >= 0.3 is 0 Å². The van der Waals surface area contributed by atoms with E-state index in [1.807, 2.05) is 30.3 Å². The first kappa shape index (κ1) is 12.4. The van der Waals surface area contributed by atoms with Gasteiger partial charge in [0, 0.05) is 18.0 Å². The van der Waals surface area contributed by atoms with Gasteiger partial charge in [-0.2, -0.15) is 0 Å². The van der Waals surface area contributed by atoms with Gasteiger partial charge in [-0.15, -0.1) is 0 Å². The van der Waals surface area contributed by atoms with E-state index in [4.69, 9.17) is 16.3 Å². The van der Waals surface area contributed by atoms with Crippen molar-refractivity contribution >= 4 is 11.6 Å². The molecule has 1 aromatic heterocycles. The van der Waals surface area contributed by atoms with Crippen molar-refractivity contribution in [3.05, 3.63) is 52.6 Å². The Morgan fingerprint density at radius 3 is 2.58 bits per heavy atom. The van der Waals surface area contributed by atoms with Crippen molar-refractivity contribution in [3.8, 4) is 5.75 Å². The third-order valence-electron chi connectivity index (χ3n) is 3.28. The lowest BCUT2D eigenvalue weighted by molar-refractivity contribution is 0.414. The Hall–Kier alpha value is -1.61. The number of hydrogen-bond acceptors (Lipinski definition) is 3. The zero-order valence-electron chi connectivity index (χ0n) is 10.8. The predicted octanol–water partition coefficient (Wildman–Crippen LogP) is 3.61. The molecule has 1 saturated carbocycles. The van der Waals surface area contributed by atoms with Gasteiger partial charge in [0.15, 0.2) is 0 Å². The van der Waals surface area contributed by atoms with Crippen molar-refractivity contribution in [2.24, 2.45) is 0 Å². The van der Waals surface area contributed by atoms with Crippen molar-refractivity contribution in [3.63, 3.8) is 0 Å². The van der Waals surface area contributed by atoms with Crippen molar-refractivity contribution in [2.45, 2.75) is 25.2 Å². The second-order valence-electron chi connectivity index (χ2n) is 4.83. The first-order chi connectivity index (χ1) is 9.24. The van der Waals surface area contributed by atoms with Crippen LogP contribution in [0.5, 0.6) is 5.75 Å². The average Bonchev–Trinajstić information content (AvgIpc) is 3.23. The monoisotopic (exact) mass is 274 g/mol. The quantitative estimate of drug-likeness (QED) is 0.799. The van der Waals surface area contributed by atoms with Gasteiger partial charge in [0.05, 0.1) is 7.11 Å². The van der Waals surface area contributed by atoms with E-state index >= 15 is 0 Å². The summed E-state index contributed by atoms with van der Waals surface area (Å²) in [4.78, 5) is 8.91. The molecule has 0 amide bonds. The number of rotatable bonds is 4. The lowest BCUT2D eigenvalue weighted by Gasteiger charge is -2.05. The first-order valence-electron chi connectivity index (χ1n) is 6.41. The van der Waals surface area contributed by atoms with Crippen LogP contribution in [0.25, 0.3) is 0 Å². The lowest BCUT2D eigenvalue weighted by Crippen LogP contribution is -2.00. The van der Waals surface area contributed by atoms with Crippen LogP contribution in [-0.4, -0.2) is 17.1 Å². The number of aromatic nitrogens is 2. The molecule has 1 aliphatic carbocycles. The zero-order valence-corrected chi connectivity index (χ0v) is 11.5. The molecule has 3 nitrogen and oxygen atoms in total. The molecule has 0 bridgehead atoms. The highest BCUT2D eigenvalue weighted by Crippen LogP contribution is 2.39. The number of hydrogen-bond donors (Lipinski definition) is 0. The minimum Gasteiger partial charge on any atom is -0.497 e. The Balaban J connectivity index is 1.81. The zero-order chi connectivity index (χ0) is 13.2. The van der Waals surface area contributed by atoms with Gasteiger partial charge in [-0.05, 0) is 36.6 Å². The van der Waals surface area contributed by atoms with Crippen LogP contribution in [0, 0.1) is 0 Å². The molecular weight excluding hydrogens is 260 g/mol. The molecule has 3 rings (SSSR count). The topological polar surface area (TPSA) is 35.0 Å². The smallest absolute Gasteiger partial charge is 0.134 e. The molecule has 0 spiro atoms. The van der Waals surface area contributed by atoms with Crippen LogP contribution < -0.4 is 4.74 Å². The van der Waals surface area contributed by atoms with E-state index in [1.54, 1.807) is 7.11 Å².